The van der Waals surface area contributed by atoms with Gasteiger partial charge < -0.3 is 11.1 Å². The van der Waals surface area contributed by atoms with Gasteiger partial charge in [-0.2, -0.15) is 0 Å². The number of unbranched alkanes of at least 4 members (excludes halogenated alkanes) is 6. The highest BCUT2D eigenvalue weighted by Gasteiger charge is 2.05. The molecule has 3 N–H and O–H groups in total. The lowest BCUT2D eigenvalue weighted by Crippen LogP contribution is -2.12. The number of nitrogens with two attached hydrogens (primary N) is 1. The van der Waals surface area contributed by atoms with Crippen LogP contribution in [-0.4, -0.2) is 5.91 Å². The van der Waals surface area contributed by atoms with Crippen LogP contribution in [0.5, 0.6) is 0 Å². The van der Waals surface area contributed by atoms with E-state index < -0.39 is 0 Å². The Hall–Kier alpha value is -1.51. The molecule has 112 valence electrons. The fourth-order valence-corrected chi connectivity index (χ4v) is 2.25. The maximum absolute atomic E-state index is 11.8. The summed E-state index contributed by atoms with van der Waals surface area (Å²) in [6.45, 7) is 4.21. The Morgan fingerprint density at radius 2 is 1.75 bits per heavy atom. The van der Waals surface area contributed by atoms with Crippen molar-refractivity contribution in [1.82, 2.24) is 0 Å². The Kier molecular flexibility index (Phi) is 7.78. The van der Waals surface area contributed by atoms with Gasteiger partial charge in [0.25, 0.3) is 0 Å². The van der Waals surface area contributed by atoms with Crippen LogP contribution in [0.2, 0.25) is 0 Å². The predicted molar refractivity (Wildman–Crippen MR) is 86.8 cm³/mol. The van der Waals surface area contributed by atoms with E-state index >= 15 is 0 Å². The van der Waals surface area contributed by atoms with E-state index in [0.29, 0.717) is 12.1 Å². The number of benzene rings is 1. The van der Waals surface area contributed by atoms with Crippen LogP contribution in [0.4, 0.5) is 11.4 Å². The third-order valence-electron chi connectivity index (χ3n) is 3.49. The van der Waals surface area contributed by atoms with Crippen LogP contribution >= 0.6 is 0 Å². The fraction of sp³-hybridized carbons (Fsp3) is 0.588. The van der Waals surface area contributed by atoms with Crippen LogP contribution in [0.25, 0.3) is 0 Å². The summed E-state index contributed by atoms with van der Waals surface area (Å²) in [4.78, 5) is 11.8. The molecule has 1 rings (SSSR count). The first kappa shape index (κ1) is 16.5. The minimum absolute atomic E-state index is 0.0640. The number of amides is 1. The van der Waals surface area contributed by atoms with E-state index in [0.717, 1.165) is 24.1 Å². The van der Waals surface area contributed by atoms with Crippen LogP contribution in [0.15, 0.2) is 18.2 Å². The van der Waals surface area contributed by atoms with Gasteiger partial charge in [0.05, 0.1) is 11.4 Å². The molecule has 0 atom stereocenters. The van der Waals surface area contributed by atoms with Crippen LogP contribution in [0.1, 0.15) is 63.9 Å². The second kappa shape index (κ2) is 9.40. The van der Waals surface area contributed by atoms with E-state index in [1.54, 1.807) is 0 Å². The molecule has 3 heteroatoms. The average Bonchev–Trinajstić information content (AvgIpc) is 2.41. The Morgan fingerprint density at radius 1 is 1.10 bits per heavy atom. The number of hydrogen-bond acceptors (Lipinski definition) is 2. The van der Waals surface area contributed by atoms with Gasteiger partial charge in [-0.1, -0.05) is 51.5 Å². The largest absolute Gasteiger partial charge is 0.397 e. The zero-order valence-electron chi connectivity index (χ0n) is 12.9. The quantitative estimate of drug-likeness (QED) is 0.509. The van der Waals surface area contributed by atoms with Crippen molar-refractivity contribution in [3.05, 3.63) is 23.8 Å². The molecule has 1 aromatic carbocycles. The van der Waals surface area contributed by atoms with Gasteiger partial charge in [0.1, 0.15) is 0 Å². The van der Waals surface area contributed by atoms with E-state index in [-0.39, 0.29) is 5.91 Å². The number of nitrogens with one attached hydrogen (secondary N) is 1. The number of anilines is 2. The van der Waals surface area contributed by atoms with Crippen LogP contribution in [0.3, 0.4) is 0 Å². The molecule has 0 bridgehead atoms. The van der Waals surface area contributed by atoms with Crippen molar-refractivity contribution in [3.63, 3.8) is 0 Å². The van der Waals surface area contributed by atoms with Gasteiger partial charge in [0, 0.05) is 6.42 Å². The first-order valence-corrected chi connectivity index (χ1v) is 7.79. The monoisotopic (exact) mass is 276 g/mol. The number of carbonyl (C=O) groups excluding carboxylic acids is 1. The first-order valence-electron chi connectivity index (χ1n) is 7.79. The molecule has 0 fully saturated rings. The highest BCUT2D eigenvalue weighted by atomic mass is 16.1. The van der Waals surface area contributed by atoms with Crippen molar-refractivity contribution >= 4 is 17.3 Å². The molecule has 0 saturated carbocycles. The number of aryl methyl sites for hydroxylation is 1. The van der Waals surface area contributed by atoms with Gasteiger partial charge in [-0.15, -0.1) is 0 Å². The Morgan fingerprint density at radius 3 is 2.40 bits per heavy atom. The molecule has 1 aromatic rings. The minimum atomic E-state index is 0.0640. The van der Waals surface area contributed by atoms with Gasteiger partial charge in [0.2, 0.25) is 5.91 Å². The summed E-state index contributed by atoms with van der Waals surface area (Å²) in [5.41, 5.74) is 8.34. The van der Waals surface area contributed by atoms with Crippen molar-refractivity contribution in [2.75, 3.05) is 11.1 Å². The topological polar surface area (TPSA) is 55.1 Å². The summed E-state index contributed by atoms with van der Waals surface area (Å²) in [6, 6.07) is 5.70. The molecule has 1 amide bonds. The molecule has 0 heterocycles. The molecule has 0 aromatic heterocycles. The lowest BCUT2D eigenvalue weighted by molar-refractivity contribution is -0.116. The summed E-state index contributed by atoms with van der Waals surface area (Å²) in [6.07, 6.45) is 9.14. The standard InChI is InChI=1S/C17H28N2O/c1-3-4-5-6-7-8-9-10-17(20)19-16-12-11-14(2)13-15(16)18/h11-13H,3-10,18H2,1-2H3,(H,19,20). The number of rotatable bonds is 9. The molecule has 20 heavy (non-hydrogen) atoms. The first-order chi connectivity index (χ1) is 9.63. The predicted octanol–water partition coefficient (Wildman–Crippen LogP) is 4.66. The van der Waals surface area contributed by atoms with E-state index in [1.165, 1.54) is 32.1 Å². The van der Waals surface area contributed by atoms with E-state index in [4.69, 9.17) is 5.73 Å². The maximum Gasteiger partial charge on any atom is 0.224 e. The fourth-order valence-electron chi connectivity index (χ4n) is 2.25. The van der Waals surface area contributed by atoms with Crippen molar-refractivity contribution in [2.45, 2.75) is 65.2 Å². The summed E-state index contributed by atoms with van der Waals surface area (Å²) in [5.74, 6) is 0.0640. The third kappa shape index (κ3) is 6.60. The molecule has 0 radical (unpaired) electrons. The third-order valence-corrected chi connectivity index (χ3v) is 3.49. The zero-order valence-corrected chi connectivity index (χ0v) is 12.9. The highest BCUT2D eigenvalue weighted by molar-refractivity contribution is 5.93. The van der Waals surface area contributed by atoms with Crippen molar-refractivity contribution in [3.8, 4) is 0 Å². The molecular formula is C17H28N2O. The minimum Gasteiger partial charge on any atom is -0.397 e. The zero-order chi connectivity index (χ0) is 14.8. The summed E-state index contributed by atoms with van der Waals surface area (Å²) >= 11 is 0. The molecule has 0 unspecified atom stereocenters. The molecule has 0 saturated heterocycles. The molecule has 3 nitrogen and oxygen atoms in total. The van der Waals surface area contributed by atoms with Crippen molar-refractivity contribution < 1.29 is 4.79 Å². The summed E-state index contributed by atoms with van der Waals surface area (Å²) < 4.78 is 0. The van der Waals surface area contributed by atoms with Gasteiger partial charge >= 0.3 is 0 Å². The van der Waals surface area contributed by atoms with E-state index in [1.807, 2.05) is 25.1 Å². The highest BCUT2D eigenvalue weighted by Crippen LogP contribution is 2.19. The Bertz CT molecular complexity index is 415. The van der Waals surface area contributed by atoms with Gasteiger partial charge in [-0.3, -0.25) is 4.79 Å². The molecule has 0 aliphatic rings. The lowest BCUT2D eigenvalue weighted by Gasteiger charge is -2.08. The summed E-state index contributed by atoms with van der Waals surface area (Å²) in [7, 11) is 0. The Balaban J connectivity index is 2.17. The smallest absolute Gasteiger partial charge is 0.224 e. The van der Waals surface area contributed by atoms with Gasteiger partial charge in [-0.05, 0) is 31.0 Å². The van der Waals surface area contributed by atoms with Crippen molar-refractivity contribution in [2.24, 2.45) is 0 Å². The van der Waals surface area contributed by atoms with E-state index in [9.17, 15) is 4.79 Å². The second-order valence-electron chi connectivity index (χ2n) is 5.51. The number of hydrogen-bond donors (Lipinski definition) is 2. The Labute approximate surface area is 122 Å². The molecule has 0 spiro atoms. The molecule has 0 aliphatic heterocycles. The average molecular weight is 276 g/mol. The van der Waals surface area contributed by atoms with Crippen molar-refractivity contribution in [1.29, 1.82) is 0 Å². The number of nitrogen functional groups attached to an aromatic ring is 1. The molecular weight excluding hydrogens is 248 g/mol. The van der Waals surface area contributed by atoms with Crippen LogP contribution in [-0.2, 0) is 4.79 Å². The van der Waals surface area contributed by atoms with Crippen LogP contribution < -0.4 is 11.1 Å². The lowest BCUT2D eigenvalue weighted by atomic mass is 10.1. The maximum atomic E-state index is 11.8. The SMILES string of the molecule is CCCCCCCCCC(=O)Nc1ccc(C)cc1N. The molecule has 0 aliphatic carbocycles. The summed E-state index contributed by atoms with van der Waals surface area (Å²) in [5, 5.41) is 2.88. The number of carbonyl (C=O) groups is 1. The van der Waals surface area contributed by atoms with Gasteiger partial charge in [-0.25, -0.2) is 0 Å². The van der Waals surface area contributed by atoms with Gasteiger partial charge in [0.15, 0.2) is 0 Å². The normalized spacial score (nSPS) is 10.5. The second-order valence-corrected chi connectivity index (χ2v) is 5.51. The van der Waals surface area contributed by atoms with E-state index in [2.05, 4.69) is 12.2 Å². The van der Waals surface area contributed by atoms with Crippen LogP contribution in [0, 0.1) is 6.92 Å².